The molecule has 0 aromatic heterocycles. The molecule has 0 bridgehead atoms. The van der Waals surface area contributed by atoms with Crippen LogP contribution >= 0.6 is 27.5 Å². The first-order valence-corrected chi connectivity index (χ1v) is 12.4. The topological polar surface area (TPSA) is 89.0 Å². The van der Waals surface area contributed by atoms with E-state index in [1.807, 2.05) is 51.1 Å². The molecule has 0 aliphatic heterocycles. The number of ether oxygens (including phenoxy) is 2. The molecule has 188 valence electrons. The number of anilines is 1. The molecule has 0 radical (unpaired) electrons. The lowest BCUT2D eigenvalue weighted by molar-refractivity contribution is -0.126. The average Bonchev–Trinajstić information content (AvgIpc) is 2.81. The van der Waals surface area contributed by atoms with Crippen LogP contribution in [0.5, 0.6) is 11.5 Å². The first-order chi connectivity index (χ1) is 17.2. The van der Waals surface area contributed by atoms with E-state index < -0.39 is 11.8 Å². The second-order valence-corrected chi connectivity index (χ2v) is 9.31. The number of halogens is 2. The van der Waals surface area contributed by atoms with E-state index in [-0.39, 0.29) is 6.42 Å². The van der Waals surface area contributed by atoms with Gasteiger partial charge in [0.25, 0.3) is 0 Å². The van der Waals surface area contributed by atoms with Crippen LogP contribution in [0.2, 0.25) is 5.02 Å². The van der Waals surface area contributed by atoms with Gasteiger partial charge in [0.15, 0.2) is 11.5 Å². The van der Waals surface area contributed by atoms with Gasteiger partial charge in [0, 0.05) is 10.7 Å². The largest absolute Gasteiger partial charge is 0.490 e. The number of aryl methyl sites for hydroxylation is 2. The summed E-state index contributed by atoms with van der Waals surface area (Å²) in [4.78, 5) is 24.4. The molecule has 9 heteroatoms. The standard InChI is InChI=1S/C27H27BrClN3O4/c1-4-35-24-13-20(12-22(28)27(24)36-16-19-6-8-21(29)9-7-19)15-30-32-26(34)14-25(33)31-23-10-5-17(2)11-18(23)3/h5-13,15H,4,14,16H2,1-3H3,(H,31,33)(H,32,34). The fraction of sp³-hybridized carbons (Fsp3) is 0.222. The number of hydrogen-bond donors (Lipinski definition) is 2. The summed E-state index contributed by atoms with van der Waals surface area (Å²) in [6.07, 6.45) is 1.12. The lowest BCUT2D eigenvalue weighted by atomic mass is 10.1. The van der Waals surface area contributed by atoms with Gasteiger partial charge in [-0.25, -0.2) is 5.43 Å². The Bertz CT molecular complexity index is 1260. The number of nitrogens with zero attached hydrogens (tertiary/aromatic N) is 1. The smallest absolute Gasteiger partial charge is 0.249 e. The van der Waals surface area contributed by atoms with Gasteiger partial charge in [0.05, 0.1) is 17.3 Å². The van der Waals surface area contributed by atoms with Crippen molar-refractivity contribution >= 4 is 51.2 Å². The molecule has 0 saturated carbocycles. The van der Waals surface area contributed by atoms with Gasteiger partial charge in [0.2, 0.25) is 11.8 Å². The molecule has 3 aromatic rings. The van der Waals surface area contributed by atoms with Crippen molar-refractivity contribution in [2.75, 3.05) is 11.9 Å². The molecular weight excluding hydrogens is 546 g/mol. The Kier molecular flexibility index (Phi) is 9.90. The van der Waals surface area contributed by atoms with Gasteiger partial charge in [-0.2, -0.15) is 5.10 Å². The molecule has 2 amide bonds. The number of nitrogens with one attached hydrogen (secondary N) is 2. The first-order valence-electron chi connectivity index (χ1n) is 11.3. The van der Waals surface area contributed by atoms with Crippen molar-refractivity contribution < 1.29 is 19.1 Å². The van der Waals surface area contributed by atoms with Crippen molar-refractivity contribution in [2.45, 2.75) is 33.8 Å². The highest BCUT2D eigenvalue weighted by Gasteiger charge is 2.13. The summed E-state index contributed by atoms with van der Waals surface area (Å²) in [5, 5.41) is 7.37. The molecule has 0 saturated heterocycles. The van der Waals surface area contributed by atoms with Crippen LogP contribution in [0, 0.1) is 13.8 Å². The van der Waals surface area contributed by atoms with Gasteiger partial charge in [-0.3, -0.25) is 9.59 Å². The summed E-state index contributed by atoms with van der Waals surface area (Å²) in [5.41, 5.74) is 6.71. The van der Waals surface area contributed by atoms with Gasteiger partial charge < -0.3 is 14.8 Å². The highest BCUT2D eigenvalue weighted by molar-refractivity contribution is 9.10. The minimum atomic E-state index is -0.527. The molecule has 0 heterocycles. The minimum Gasteiger partial charge on any atom is -0.490 e. The third-order valence-electron chi connectivity index (χ3n) is 5.01. The second kappa shape index (κ2) is 13.1. The molecule has 7 nitrogen and oxygen atoms in total. The molecule has 36 heavy (non-hydrogen) atoms. The fourth-order valence-corrected chi connectivity index (χ4v) is 4.01. The fourth-order valence-electron chi connectivity index (χ4n) is 3.31. The lowest BCUT2D eigenvalue weighted by Gasteiger charge is -2.14. The third kappa shape index (κ3) is 8.10. The minimum absolute atomic E-state index is 0.337. The van der Waals surface area contributed by atoms with Crippen molar-refractivity contribution in [3.8, 4) is 11.5 Å². The summed E-state index contributed by atoms with van der Waals surface area (Å²) in [5.74, 6) is 0.135. The number of benzene rings is 3. The van der Waals surface area contributed by atoms with Crippen LogP contribution in [0.15, 0.2) is 64.2 Å². The van der Waals surface area contributed by atoms with E-state index in [0.29, 0.717) is 45.5 Å². The molecule has 0 aliphatic carbocycles. The second-order valence-electron chi connectivity index (χ2n) is 8.01. The van der Waals surface area contributed by atoms with E-state index in [2.05, 4.69) is 31.8 Å². The van der Waals surface area contributed by atoms with E-state index >= 15 is 0 Å². The maximum atomic E-state index is 12.2. The molecule has 0 aliphatic rings. The molecule has 0 atom stereocenters. The van der Waals surface area contributed by atoms with E-state index in [4.69, 9.17) is 21.1 Å². The first kappa shape index (κ1) is 27.2. The van der Waals surface area contributed by atoms with Crippen molar-refractivity contribution in [2.24, 2.45) is 5.10 Å². The highest BCUT2D eigenvalue weighted by atomic mass is 79.9. The van der Waals surface area contributed by atoms with Crippen molar-refractivity contribution in [1.29, 1.82) is 0 Å². The zero-order valence-corrected chi connectivity index (χ0v) is 22.6. The normalized spacial score (nSPS) is 10.8. The Morgan fingerprint density at radius 2 is 1.78 bits per heavy atom. The number of amides is 2. The van der Waals surface area contributed by atoms with Gasteiger partial charge in [-0.05, 0) is 83.7 Å². The van der Waals surface area contributed by atoms with Gasteiger partial charge in [-0.1, -0.05) is 41.4 Å². The monoisotopic (exact) mass is 571 g/mol. The van der Waals surface area contributed by atoms with Gasteiger partial charge >= 0.3 is 0 Å². The van der Waals surface area contributed by atoms with Crippen molar-refractivity contribution in [3.05, 3.63) is 86.3 Å². The average molecular weight is 573 g/mol. The Hall–Kier alpha value is -3.36. The SMILES string of the molecule is CCOc1cc(C=NNC(=O)CC(=O)Nc2ccc(C)cc2C)cc(Br)c1OCc1ccc(Cl)cc1. The van der Waals surface area contributed by atoms with Gasteiger partial charge in [0.1, 0.15) is 13.0 Å². The van der Waals surface area contributed by atoms with Crippen LogP contribution in [-0.4, -0.2) is 24.6 Å². The van der Waals surface area contributed by atoms with Crippen LogP contribution in [-0.2, 0) is 16.2 Å². The number of carbonyl (C=O) groups excluding carboxylic acids is 2. The Morgan fingerprint density at radius 3 is 2.47 bits per heavy atom. The van der Waals surface area contributed by atoms with Crippen molar-refractivity contribution in [3.63, 3.8) is 0 Å². The van der Waals surface area contributed by atoms with Crippen molar-refractivity contribution in [1.82, 2.24) is 5.43 Å². The number of hydrazone groups is 1. The summed E-state index contributed by atoms with van der Waals surface area (Å²) in [6, 6.07) is 16.6. The molecular formula is C27H27BrClN3O4. The number of carbonyl (C=O) groups is 2. The van der Waals surface area contributed by atoms with Crippen LogP contribution in [0.4, 0.5) is 5.69 Å². The Balaban J connectivity index is 1.59. The zero-order valence-electron chi connectivity index (χ0n) is 20.2. The quantitative estimate of drug-likeness (QED) is 0.173. The molecule has 0 fully saturated rings. The Labute approximate surface area is 224 Å². The molecule has 3 rings (SSSR count). The van der Waals surface area contributed by atoms with E-state index in [9.17, 15) is 9.59 Å². The number of hydrogen-bond acceptors (Lipinski definition) is 5. The lowest BCUT2D eigenvalue weighted by Crippen LogP contribution is -2.24. The Morgan fingerprint density at radius 1 is 1.03 bits per heavy atom. The predicted octanol–water partition coefficient (Wildman–Crippen LogP) is 6.18. The van der Waals surface area contributed by atoms with Crippen LogP contribution < -0.4 is 20.2 Å². The van der Waals surface area contributed by atoms with Crippen LogP contribution in [0.3, 0.4) is 0 Å². The van der Waals surface area contributed by atoms with Crippen LogP contribution in [0.25, 0.3) is 0 Å². The summed E-state index contributed by atoms with van der Waals surface area (Å²) < 4.78 is 12.4. The van der Waals surface area contributed by atoms with E-state index in [1.54, 1.807) is 24.3 Å². The number of rotatable bonds is 10. The van der Waals surface area contributed by atoms with Gasteiger partial charge in [-0.15, -0.1) is 0 Å². The summed E-state index contributed by atoms with van der Waals surface area (Å²) >= 11 is 9.46. The molecule has 0 spiro atoms. The highest BCUT2D eigenvalue weighted by Crippen LogP contribution is 2.37. The van der Waals surface area contributed by atoms with E-state index in [0.717, 1.165) is 16.7 Å². The predicted molar refractivity (Wildman–Crippen MR) is 146 cm³/mol. The third-order valence-corrected chi connectivity index (χ3v) is 5.85. The maximum Gasteiger partial charge on any atom is 0.249 e. The molecule has 3 aromatic carbocycles. The van der Waals surface area contributed by atoms with Crippen LogP contribution in [0.1, 0.15) is 35.6 Å². The van der Waals surface area contributed by atoms with E-state index in [1.165, 1.54) is 6.21 Å². The maximum absolute atomic E-state index is 12.2. The summed E-state index contributed by atoms with van der Waals surface area (Å²) in [7, 11) is 0. The zero-order chi connectivity index (χ0) is 26.1. The molecule has 2 N–H and O–H groups in total. The molecule has 0 unspecified atom stereocenters. The summed E-state index contributed by atoms with van der Waals surface area (Å²) in [6.45, 7) is 6.53.